The zero-order chi connectivity index (χ0) is 16.9. The van der Waals surface area contributed by atoms with Crippen molar-refractivity contribution in [2.75, 3.05) is 5.73 Å². The van der Waals surface area contributed by atoms with Gasteiger partial charge in [-0.2, -0.15) is 5.26 Å². The molecule has 0 spiro atoms. The highest BCUT2D eigenvalue weighted by Crippen LogP contribution is 2.52. The summed E-state index contributed by atoms with van der Waals surface area (Å²) in [6.07, 6.45) is 12.4. The number of nitriles is 1. The van der Waals surface area contributed by atoms with Gasteiger partial charge < -0.3 is 5.73 Å². The van der Waals surface area contributed by atoms with E-state index >= 15 is 0 Å². The van der Waals surface area contributed by atoms with Gasteiger partial charge in [0.1, 0.15) is 0 Å². The van der Waals surface area contributed by atoms with Crippen LogP contribution >= 0.6 is 0 Å². The summed E-state index contributed by atoms with van der Waals surface area (Å²) in [6, 6.07) is 4.48. The molecule has 0 aliphatic heterocycles. The van der Waals surface area contributed by atoms with Crippen LogP contribution in [0.4, 0.5) is 5.69 Å². The fourth-order valence-electron chi connectivity index (χ4n) is 3.56. The lowest BCUT2D eigenvalue weighted by molar-refractivity contribution is 0.289. The highest BCUT2D eigenvalue weighted by Gasteiger charge is 2.45. The Morgan fingerprint density at radius 1 is 1.35 bits per heavy atom. The van der Waals surface area contributed by atoms with Gasteiger partial charge in [-0.25, -0.2) is 0 Å². The Morgan fingerprint density at radius 3 is 2.65 bits per heavy atom. The van der Waals surface area contributed by atoms with Crippen LogP contribution in [-0.4, -0.2) is 4.98 Å². The summed E-state index contributed by atoms with van der Waals surface area (Å²) in [7, 11) is 0. The molecule has 1 aromatic rings. The molecule has 2 fully saturated rings. The zero-order valence-corrected chi connectivity index (χ0v) is 14.5. The van der Waals surface area contributed by atoms with E-state index in [1.807, 2.05) is 13.0 Å². The van der Waals surface area contributed by atoms with Gasteiger partial charge in [0.15, 0.2) is 0 Å². The Labute approximate surface area is 140 Å². The monoisotopic (exact) mass is 311 g/mol. The standard InChI is InChI=1S/C12H19N.C8H10N2/c1-10-3-2-7-12(9-13,8-6-10)11-4-5-11;1-3-7-4-5-10-6(2)8(7)9/h10-11H,2-8H2,1H3;3-5H,1,9H2,2H3. The number of nitrogen functional groups attached to an aromatic ring is 1. The molecule has 2 aliphatic carbocycles. The van der Waals surface area contributed by atoms with Crippen molar-refractivity contribution in [1.82, 2.24) is 4.98 Å². The molecule has 2 unspecified atom stereocenters. The molecule has 3 heteroatoms. The molecule has 0 amide bonds. The maximum Gasteiger partial charge on any atom is 0.0692 e. The number of aromatic nitrogens is 1. The van der Waals surface area contributed by atoms with Crippen molar-refractivity contribution < 1.29 is 0 Å². The smallest absolute Gasteiger partial charge is 0.0692 e. The third-order valence-corrected chi connectivity index (χ3v) is 5.43. The first-order valence-corrected chi connectivity index (χ1v) is 8.77. The molecule has 1 heterocycles. The minimum atomic E-state index is 0.102. The molecule has 1 aromatic heterocycles. The van der Waals surface area contributed by atoms with E-state index in [0.29, 0.717) is 0 Å². The molecule has 2 N–H and O–H groups in total. The van der Waals surface area contributed by atoms with Crippen molar-refractivity contribution >= 4 is 11.8 Å². The van der Waals surface area contributed by atoms with E-state index in [9.17, 15) is 5.26 Å². The number of nitrogens with zero attached hydrogens (tertiary/aromatic N) is 2. The van der Waals surface area contributed by atoms with Crippen LogP contribution in [0.1, 0.15) is 63.1 Å². The predicted molar refractivity (Wildman–Crippen MR) is 96.5 cm³/mol. The van der Waals surface area contributed by atoms with Gasteiger partial charge in [-0.3, -0.25) is 4.98 Å². The SMILES string of the molecule is C=Cc1ccnc(C)c1N.CC1CCCC(C#N)(C2CC2)CC1. The number of pyridine rings is 1. The number of hydrogen-bond acceptors (Lipinski definition) is 3. The lowest BCUT2D eigenvalue weighted by atomic mass is 9.77. The fraction of sp³-hybridized carbons (Fsp3) is 0.600. The van der Waals surface area contributed by atoms with E-state index in [0.717, 1.165) is 28.8 Å². The van der Waals surface area contributed by atoms with Crippen LogP contribution in [0.25, 0.3) is 6.08 Å². The van der Waals surface area contributed by atoms with Crippen LogP contribution in [0.2, 0.25) is 0 Å². The molecule has 0 aromatic carbocycles. The highest BCUT2D eigenvalue weighted by atomic mass is 14.7. The normalized spacial score (nSPS) is 27.1. The second-order valence-electron chi connectivity index (χ2n) is 7.18. The van der Waals surface area contributed by atoms with E-state index in [-0.39, 0.29) is 5.41 Å². The first-order valence-electron chi connectivity index (χ1n) is 8.77. The average molecular weight is 311 g/mol. The van der Waals surface area contributed by atoms with Crippen molar-refractivity contribution in [2.45, 2.75) is 58.8 Å². The number of hydrogen-bond donors (Lipinski definition) is 1. The van der Waals surface area contributed by atoms with Crippen molar-refractivity contribution in [2.24, 2.45) is 17.3 Å². The van der Waals surface area contributed by atoms with E-state index < -0.39 is 0 Å². The largest absolute Gasteiger partial charge is 0.397 e. The van der Waals surface area contributed by atoms with Crippen molar-refractivity contribution in [3.05, 3.63) is 30.1 Å². The summed E-state index contributed by atoms with van der Waals surface area (Å²) < 4.78 is 0. The minimum Gasteiger partial charge on any atom is -0.397 e. The molecular weight excluding hydrogens is 282 g/mol. The molecule has 0 bridgehead atoms. The number of anilines is 1. The van der Waals surface area contributed by atoms with Gasteiger partial charge in [0.2, 0.25) is 0 Å². The molecule has 2 saturated carbocycles. The predicted octanol–water partition coefficient (Wildman–Crippen LogP) is 5.12. The van der Waals surface area contributed by atoms with Gasteiger partial charge in [0.25, 0.3) is 0 Å². The summed E-state index contributed by atoms with van der Waals surface area (Å²) >= 11 is 0. The van der Waals surface area contributed by atoms with E-state index in [4.69, 9.17) is 5.73 Å². The quantitative estimate of drug-likeness (QED) is 0.771. The second kappa shape index (κ2) is 7.64. The molecule has 3 rings (SSSR count). The van der Waals surface area contributed by atoms with Crippen LogP contribution in [0, 0.1) is 35.5 Å². The summed E-state index contributed by atoms with van der Waals surface area (Å²) in [5, 5.41) is 9.31. The van der Waals surface area contributed by atoms with E-state index in [1.54, 1.807) is 12.3 Å². The number of aryl methyl sites for hydroxylation is 1. The minimum absolute atomic E-state index is 0.102. The molecule has 3 nitrogen and oxygen atoms in total. The van der Waals surface area contributed by atoms with Crippen LogP contribution in [0.3, 0.4) is 0 Å². The molecule has 0 saturated heterocycles. The van der Waals surface area contributed by atoms with Gasteiger partial charge in [-0.05, 0) is 56.9 Å². The average Bonchev–Trinajstić information content (AvgIpc) is 3.39. The first-order chi connectivity index (χ1) is 11.0. The van der Waals surface area contributed by atoms with E-state index in [2.05, 4.69) is 24.6 Å². The van der Waals surface area contributed by atoms with Crippen LogP contribution in [-0.2, 0) is 0 Å². The maximum atomic E-state index is 9.31. The molecular formula is C20H29N3. The number of nitrogens with two attached hydrogens (primary N) is 1. The topological polar surface area (TPSA) is 62.7 Å². The molecule has 23 heavy (non-hydrogen) atoms. The maximum absolute atomic E-state index is 9.31. The van der Waals surface area contributed by atoms with Gasteiger partial charge in [0.05, 0.1) is 22.9 Å². The van der Waals surface area contributed by atoms with Gasteiger partial charge in [0, 0.05) is 11.8 Å². The van der Waals surface area contributed by atoms with Crippen LogP contribution in [0.5, 0.6) is 0 Å². The summed E-state index contributed by atoms with van der Waals surface area (Å²) in [5.41, 5.74) is 8.29. The Hall–Kier alpha value is -1.82. The van der Waals surface area contributed by atoms with Crippen molar-refractivity contribution in [1.29, 1.82) is 5.26 Å². The molecule has 2 aliphatic rings. The van der Waals surface area contributed by atoms with Gasteiger partial charge in [-0.15, -0.1) is 0 Å². The highest BCUT2D eigenvalue weighted by molar-refractivity contribution is 5.64. The molecule has 124 valence electrons. The molecule has 2 atom stereocenters. The zero-order valence-electron chi connectivity index (χ0n) is 14.5. The summed E-state index contributed by atoms with van der Waals surface area (Å²) in [5.74, 6) is 1.62. The van der Waals surface area contributed by atoms with Crippen molar-refractivity contribution in [3.63, 3.8) is 0 Å². The summed E-state index contributed by atoms with van der Waals surface area (Å²) in [4.78, 5) is 4.01. The Bertz CT molecular complexity index is 583. The fourth-order valence-corrected chi connectivity index (χ4v) is 3.56. The Kier molecular flexibility index (Phi) is 5.82. The Balaban J connectivity index is 0.000000174. The number of rotatable bonds is 2. The molecule has 0 radical (unpaired) electrons. The second-order valence-corrected chi connectivity index (χ2v) is 7.18. The summed E-state index contributed by atoms with van der Waals surface area (Å²) in [6.45, 7) is 7.84. The Morgan fingerprint density at radius 2 is 2.09 bits per heavy atom. The lowest BCUT2D eigenvalue weighted by Gasteiger charge is -2.24. The van der Waals surface area contributed by atoms with Gasteiger partial charge in [-0.1, -0.05) is 32.4 Å². The van der Waals surface area contributed by atoms with Gasteiger partial charge >= 0.3 is 0 Å². The van der Waals surface area contributed by atoms with Crippen LogP contribution < -0.4 is 5.73 Å². The van der Waals surface area contributed by atoms with E-state index in [1.165, 1.54) is 44.9 Å². The third kappa shape index (κ3) is 4.34. The first kappa shape index (κ1) is 17.5. The lowest BCUT2D eigenvalue weighted by Crippen LogP contribution is -2.20. The van der Waals surface area contributed by atoms with Crippen LogP contribution in [0.15, 0.2) is 18.8 Å². The van der Waals surface area contributed by atoms with Crippen molar-refractivity contribution in [3.8, 4) is 6.07 Å². The third-order valence-electron chi connectivity index (χ3n) is 5.43.